The van der Waals surface area contributed by atoms with E-state index < -0.39 is 0 Å². The maximum Gasteiger partial charge on any atom is 0.226 e. The van der Waals surface area contributed by atoms with Gasteiger partial charge in [-0.2, -0.15) is 0 Å². The summed E-state index contributed by atoms with van der Waals surface area (Å²) in [6.45, 7) is 0.0870. The van der Waals surface area contributed by atoms with E-state index in [1.54, 1.807) is 6.26 Å². The molecule has 0 atom stereocenters. The van der Waals surface area contributed by atoms with Crippen LogP contribution >= 0.6 is 0 Å². The van der Waals surface area contributed by atoms with Crippen LogP contribution in [0.15, 0.2) is 53.1 Å². The van der Waals surface area contributed by atoms with E-state index in [1.165, 1.54) is 5.39 Å². The van der Waals surface area contributed by atoms with E-state index in [1.807, 2.05) is 18.2 Å². The van der Waals surface area contributed by atoms with Crippen LogP contribution < -0.4 is 0 Å². The molecule has 1 aromatic heterocycles. The van der Waals surface area contributed by atoms with Gasteiger partial charge in [-0.15, -0.1) is 0 Å². The van der Waals surface area contributed by atoms with E-state index in [0.717, 1.165) is 16.6 Å². The van der Waals surface area contributed by atoms with Crippen molar-refractivity contribution >= 4 is 10.8 Å². The molecule has 0 fully saturated rings. The molecule has 1 heterocycles. The minimum absolute atomic E-state index is 0.0870. The lowest BCUT2D eigenvalue weighted by Crippen LogP contribution is -1.90. The van der Waals surface area contributed by atoms with Crippen molar-refractivity contribution in [3.8, 4) is 11.5 Å². The molecular weight excluding hydrogens is 226 g/mol. The van der Waals surface area contributed by atoms with Gasteiger partial charge < -0.3 is 9.52 Å². The van der Waals surface area contributed by atoms with E-state index in [-0.39, 0.29) is 6.61 Å². The van der Waals surface area contributed by atoms with Gasteiger partial charge in [0.1, 0.15) is 6.26 Å². The number of fused-ring (bicyclic) bond motifs is 1. The quantitative estimate of drug-likeness (QED) is 0.764. The summed E-state index contributed by atoms with van der Waals surface area (Å²) in [6, 6.07) is 14.3. The Bertz CT molecular complexity index is 673. The molecule has 0 aliphatic rings. The van der Waals surface area contributed by atoms with Crippen molar-refractivity contribution in [2.24, 2.45) is 0 Å². The van der Waals surface area contributed by atoms with Gasteiger partial charge >= 0.3 is 0 Å². The van der Waals surface area contributed by atoms with Crippen LogP contribution in [0, 0.1) is 0 Å². The zero-order valence-electron chi connectivity index (χ0n) is 9.84. The zero-order valence-corrected chi connectivity index (χ0v) is 9.84. The van der Waals surface area contributed by atoms with E-state index >= 15 is 0 Å². The summed E-state index contributed by atoms with van der Waals surface area (Å²) in [5.41, 5.74) is 1.73. The highest BCUT2D eigenvalue weighted by Gasteiger charge is 2.06. The van der Waals surface area contributed by atoms with Crippen molar-refractivity contribution in [2.45, 2.75) is 6.42 Å². The van der Waals surface area contributed by atoms with Crippen molar-refractivity contribution in [2.75, 3.05) is 6.61 Å². The number of benzene rings is 2. The second kappa shape index (κ2) is 4.63. The monoisotopic (exact) mass is 239 g/mol. The number of hydrogen-bond donors (Lipinski definition) is 1. The summed E-state index contributed by atoms with van der Waals surface area (Å²) in [5.74, 6) is 0.601. The molecule has 1 N–H and O–H groups in total. The molecule has 0 radical (unpaired) electrons. The second-order valence-electron chi connectivity index (χ2n) is 4.18. The van der Waals surface area contributed by atoms with E-state index in [2.05, 4.69) is 29.2 Å². The number of oxazole rings is 1. The van der Waals surface area contributed by atoms with Crippen molar-refractivity contribution in [3.05, 3.63) is 54.4 Å². The molecule has 0 aliphatic carbocycles. The molecule has 3 heteroatoms. The molecule has 0 unspecified atom stereocenters. The first-order valence-corrected chi connectivity index (χ1v) is 5.91. The summed E-state index contributed by atoms with van der Waals surface area (Å²) in [5, 5.41) is 11.2. The van der Waals surface area contributed by atoms with Crippen molar-refractivity contribution < 1.29 is 9.52 Å². The first kappa shape index (κ1) is 11.0. The molecule has 3 nitrogen and oxygen atoms in total. The Kier molecular flexibility index (Phi) is 2.82. The summed E-state index contributed by atoms with van der Waals surface area (Å²) in [7, 11) is 0. The molecule has 0 saturated heterocycles. The Morgan fingerprint density at radius 1 is 1.06 bits per heavy atom. The fourth-order valence-electron chi connectivity index (χ4n) is 1.99. The lowest BCUT2D eigenvalue weighted by molar-refractivity contribution is 0.298. The fraction of sp³-hybridized carbons (Fsp3) is 0.133. The summed E-state index contributed by atoms with van der Waals surface area (Å²) in [6.07, 6.45) is 2.12. The number of nitrogens with zero attached hydrogens (tertiary/aromatic N) is 1. The molecule has 18 heavy (non-hydrogen) atoms. The highest BCUT2D eigenvalue weighted by atomic mass is 16.3. The van der Waals surface area contributed by atoms with Gasteiger partial charge in [0.15, 0.2) is 0 Å². The zero-order chi connectivity index (χ0) is 12.4. The van der Waals surface area contributed by atoms with Crippen molar-refractivity contribution in [1.82, 2.24) is 4.98 Å². The van der Waals surface area contributed by atoms with Crippen LogP contribution in [0.3, 0.4) is 0 Å². The molecule has 0 saturated carbocycles. The fourth-order valence-corrected chi connectivity index (χ4v) is 1.99. The largest absolute Gasteiger partial charge is 0.444 e. The minimum Gasteiger partial charge on any atom is -0.444 e. The SMILES string of the molecule is OCCc1coc(-c2ccc3ccccc3c2)n1. The van der Waals surface area contributed by atoms with Gasteiger partial charge in [0.25, 0.3) is 0 Å². The highest BCUT2D eigenvalue weighted by molar-refractivity contribution is 5.86. The Morgan fingerprint density at radius 3 is 2.72 bits per heavy atom. The molecule has 0 bridgehead atoms. The maximum absolute atomic E-state index is 8.86. The number of rotatable bonds is 3. The first-order chi connectivity index (χ1) is 8.86. The van der Waals surface area contributed by atoms with Crippen LogP contribution in [0.25, 0.3) is 22.2 Å². The molecule has 90 valence electrons. The molecule has 2 aromatic carbocycles. The minimum atomic E-state index is 0.0870. The normalized spacial score (nSPS) is 10.9. The molecule has 0 aliphatic heterocycles. The maximum atomic E-state index is 8.86. The van der Waals surface area contributed by atoms with Crippen LogP contribution in [0.5, 0.6) is 0 Å². The average molecular weight is 239 g/mol. The molecular formula is C15H13NO2. The summed E-state index contributed by atoms with van der Waals surface area (Å²) in [4.78, 5) is 4.35. The smallest absolute Gasteiger partial charge is 0.226 e. The van der Waals surface area contributed by atoms with E-state index in [4.69, 9.17) is 9.52 Å². The van der Waals surface area contributed by atoms with Crippen LogP contribution in [0.4, 0.5) is 0 Å². The molecule has 0 spiro atoms. The topological polar surface area (TPSA) is 46.3 Å². The molecule has 3 rings (SSSR count). The third kappa shape index (κ3) is 2.00. The van der Waals surface area contributed by atoms with Crippen molar-refractivity contribution in [1.29, 1.82) is 0 Å². The van der Waals surface area contributed by atoms with Crippen LogP contribution in [0.1, 0.15) is 5.69 Å². The number of aliphatic hydroxyl groups excluding tert-OH is 1. The predicted molar refractivity (Wildman–Crippen MR) is 70.2 cm³/mol. The van der Waals surface area contributed by atoms with Crippen LogP contribution in [-0.4, -0.2) is 16.7 Å². The van der Waals surface area contributed by atoms with E-state index in [0.29, 0.717) is 12.3 Å². The van der Waals surface area contributed by atoms with Gasteiger partial charge in [-0.3, -0.25) is 0 Å². The van der Waals surface area contributed by atoms with Gasteiger partial charge in [-0.1, -0.05) is 30.3 Å². The van der Waals surface area contributed by atoms with Gasteiger partial charge in [-0.25, -0.2) is 4.98 Å². The van der Waals surface area contributed by atoms with Crippen molar-refractivity contribution in [3.63, 3.8) is 0 Å². The number of hydrogen-bond acceptors (Lipinski definition) is 3. The van der Waals surface area contributed by atoms with Crippen LogP contribution in [0.2, 0.25) is 0 Å². The molecule has 0 amide bonds. The van der Waals surface area contributed by atoms with E-state index in [9.17, 15) is 0 Å². The summed E-state index contributed by atoms with van der Waals surface area (Å²) >= 11 is 0. The Morgan fingerprint density at radius 2 is 1.89 bits per heavy atom. The summed E-state index contributed by atoms with van der Waals surface area (Å²) < 4.78 is 5.43. The number of aromatic nitrogens is 1. The molecule has 3 aromatic rings. The van der Waals surface area contributed by atoms with Gasteiger partial charge in [0.05, 0.1) is 5.69 Å². The van der Waals surface area contributed by atoms with Crippen LogP contribution in [-0.2, 0) is 6.42 Å². The first-order valence-electron chi connectivity index (χ1n) is 5.91. The predicted octanol–water partition coefficient (Wildman–Crippen LogP) is 3.03. The third-order valence-corrected chi connectivity index (χ3v) is 2.92. The standard InChI is InChI=1S/C15H13NO2/c17-8-7-14-10-18-15(16-14)13-6-5-11-3-1-2-4-12(11)9-13/h1-6,9-10,17H,7-8H2. The lowest BCUT2D eigenvalue weighted by atomic mass is 10.1. The Hall–Kier alpha value is -2.13. The second-order valence-corrected chi connectivity index (χ2v) is 4.18. The highest BCUT2D eigenvalue weighted by Crippen LogP contribution is 2.23. The van der Waals surface area contributed by atoms with Gasteiger partial charge in [0.2, 0.25) is 5.89 Å². The Labute approximate surface area is 105 Å². The Balaban J connectivity index is 2.02. The third-order valence-electron chi connectivity index (χ3n) is 2.92. The number of aliphatic hydroxyl groups is 1. The lowest BCUT2D eigenvalue weighted by Gasteiger charge is -1.99. The van der Waals surface area contributed by atoms with Gasteiger partial charge in [0, 0.05) is 18.6 Å². The average Bonchev–Trinajstić information content (AvgIpc) is 2.87. The van der Waals surface area contributed by atoms with Gasteiger partial charge in [-0.05, 0) is 22.9 Å².